The van der Waals surface area contributed by atoms with Crippen LogP contribution in [-0.4, -0.2) is 50.5 Å². The van der Waals surface area contributed by atoms with Gasteiger partial charge in [0.05, 0.1) is 18.1 Å². The minimum Gasteiger partial charge on any atom is -0.378 e. The van der Waals surface area contributed by atoms with Gasteiger partial charge in [-0.05, 0) is 18.2 Å². The number of hydrogen-bond acceptors (Lipinski definition) is 6. The number of benzene rings is 1. The van der Waals surface area contributed by atoms with Gasteiger partial charge in [-0.2, -0.15) is 0 Å². The summed E-state index contributed by atoms with van der Waals surface area (Å²) in [6.07, 6.45) is 1.51. The highest BCUT2D eigenvalue weighted by molar-refractivity contribution is 7.93. The number of nitrogens with zero attached hydrogens (tertiary/aromatic N) is 2. The minimum absolute atomic E-state index is 0.0341. The fraction of sp³-hybridized carbons (Fsp3) is 0.286. The molecule has 0 aliphatic carbocycles. The summed E-state index contributed by atoms with van der Waals surface area (Å²) in [5, 5.41) is 1.96. The molecule has 2 heterocycles. The van der Waals surface area contributed by atoms with Crippen LogP contribution in [0.15, 0.2) is 40.7 Å². The summed E-state index contributed by atoms with van der Waals surface area (Å²) in [7, 11) is -3.77. The van der Waals surface area contributed by atoms with E-state index >= 15 is 0 Å². The average Bonchev–Trinajstić information content (AvgIpc) is 3.07. The number of rotatable bonds is 4. The van der Waals surface area contributed by atoms with Gasteiger partial charge >= 0.3 is 0 Å². The Hall–Kier alpha value is -1.97. The zero-order valence-electron chi connectivity index (χ0n) is 12.1. The van der Waals surface area contributed by atoms with Crippen molar-refractivity contribution in [2.75, 3.05) is 31.0 Å². The molecule has 0 saturated carbocycles. The quantitative estimate of drug-likeness (QED) is 0.898. The Labute approximate surface area is 138 Å². The Morgan fingerprint density at radius 3 is 2.78 bits per heavy atom. The molecule has 1 saturated heterocycles. The Morgan fingerprint density at radius 1 is 1.30 bits per heavy atom. The predicted octanol–water partition coefficient (Wildman–Crippen LogP) is 1.42. The smallest absolute Gasteiger partial charge is 0.263 e. The normalized spacial score (nSPS) is 15.4. The number of anilines is 1. The second kappa shape index (κ2) is 6.65. The highest BCUT2D eigenvalue weighted by Gasteiger charge is 2.21. The Kier molecular flexibility index (Phi) is 4.60. The number of aromatic nitrogens is 1. The number of thiazole rings is 1. The molecule has 7 nitrogen and oxygen atoms in total. The Bertz CT molecular complexity index is 784. The molecule has 23 heavy (non-hydrogen) atoms. The van der Waals surface area contributed by atoms with Crippen molar-refractivity contribution in [3.63, 3.8) is 0 Å². The van der Waals surface area contributed by atoms with Crippen LogP contribution in [0, 0.1) is 0 Å². The molecule has 2 aromatic rings. The summed E-state index contributed by atoms with van der Waals surface area (Å²) in [5.74, 6) is -0.195. The van der Waals surface area contributed by atoms with Crippen LogP contribution in [0.2, 0.25) is 0 Å². The van der Waals surface area contributed by atoms with E-state index in [1.165, 1.54) is 29.7 Å². The first-order valence-electron chi connectivity index (χ1n) is 6.96. The van der Waals surface area contributed by atoms with Crippen LogP contribution >= 0.6 is 11.3 Å². The fourth-order valence-electron chi connectivity index (χ4n) is 2.19. The number of carbonyl (C=O) groups is 1. The van der Waals surface area contributed by atoms with Gasteiger partial charge < -0.3 is 9.64 Å². The zero-order valence-corrected chi connectivity index (χ0v) is 13.8. The molecule has 1 aliphatic heterocycles. The highest BCUT2D eigenvalue weighted by Crippen LogP contribution is 2.19. The van der Waals surface area contributed by atoms with Gasteiger partial charge in [0, 0.05) is 30.2 Å². The molecule has 122 valence electrons. The molecule has 1 N–H and O–H groups in total. The molecule has 0 radical (unpaired) electrons. The topological polar surface area (TPSA) is 88.6 Å². The van der Waals surface area contributed by atoms with Crippen LogP contribution in [0.3, 0.4) is 0 Å². The third-order valence-corrected chi connectivity index (χ3v) is 5.50. The maximum atomic E-state index is 12.4. The van der Waals surface area contributed by atoms with Gasteiger partial charge in [-0.25, -0.2) is 13.4 Å². The van der Waals surface area contributed by atoms with Crippen molar-refractivity contribution in [2.45, 2.75) is 4.90 Å². The number of nitrogens with one attached hydrogen (secondary N) is 1. The van der Waals surface area contributed by atoms with Crippen molar-refractivity contribution in [1.82, 2.24) is 9.88 Å². The molecule has 1 amide bonds. The molecular formula is C14H15N3O4S2. The lowest BCUT2D eigenvalue weighted by Gasteiger charge is -2.27. The van der Waals surface area contributed by atoms with Crippen molar-refractivity contribution >= 4 is 32.4 Å². The zero-order chi connectivity index (χ0) is 16.3. The van der Waals surface area contributed by atoms with E-state index in [-0.39, 0.29) is 15.9 Å². The van der Waals surface area contributed by atoms with Crippen LogP contribution in [0.25, 0.3) is 0 Å². The van der Waals surface area contributed by atoms with E-state index in [2.05, 4.69) is 9.71 Å². The fourth-order valence-corrected chi connectivity index (χ4v) is 4.03. The van der Waals surface area contributed by atoms with Gasteiger partial charge in [0.25, 0.3) is 15.9 Å². The maximum absolute atomic E-state index is 12.4. The van der Waals surface area contributed by atoms with E-state index in [0.717, 1.165) is 0 Å². The van der Waals surface area contributed by atoms with Gasteiger partial charge in [0.15, 0.2) is 5.13 Å². The summed E-state index contributed by atoms with van der Waals surface area (Å²) < 4.78 is 32.3. The molecule has 3 rings (SSSR count). The molecule has 0 atom stereocenters. The number of sulfonamides is 1. The second-order valence-electron chi connectivity index (χ2n) is 4.88. The monoisotopic (exact) mass is 353 g/mol. The number of hydrogen-bond donors (Lipinski definition) is 1. The SMILES string of the molecule is O=C(c1cccc(S(=O)(=O)Nc2nccs2)c1)N1CCOCC1. The Balaban J connectivity index is 1.83. The first-order chi connectivity index (χ1) is 11.1. The van der Waals surface area contributed by atoms with Crippen molar-refractivity contribution in [1.29, 1.82) is 0 Å². The molecule has 1 aromatic carbocycles. The lowest BCUT2D eigenvalue weighted by atomic mass is 10.2. The number of amides is 1. The first-order valence-corrected chi connectivity index (χ1v) is 9.32. The van der Waals surface area contributed by atoms with E-state index in [9.17, 15) is 13.2 Å². The van der Waals surface area contributed by atoms with Crippen LogP contribution in [0.5, 0.6) is 0 Å². The molecule has 0 unspecified atom stereocenters. The van der Waals surface area contributed by atoms with Gasteiger partial charge in [-0.1, -0.05) is 6.07 Å². The van der Waals surface area contributed by atoms with Crippen LogP contribution in [0.4, 0.5) is 5.13 Å². The Morgan fingerprint density at radius 2 is 2.09 bits per heavy atom. The summed E-state index contributed by atoms with van der Waals surface area (Å²) >= 11 is 1.19. The van der Waals surface area contributed by atoms with Gasteiger partial charge in [0.1, 0.15) is 0 Å². The molecule has 1 aromatic heterocycles. The third-order valence-electron chi connectivity index (χ3n) is 3.34. The van der Waals surface area contributed by atoms with Crippen LogP contribution in [-0.2, 0) is 14.8 Å². The van der Waals surface area contributed by atoms with Crippen molar-refractivity contribution in [3.8, 4) is 0 Å². The lowest BCUT2D eigenvalue weighted by Crippen LogP contribution is -2.40. The molecular weight excluding hydrogens is 338 g/mol. The van der Waals surface area contributed by atoms with Gasteiger partial charge in [-0.3, -0.25) is 9.52 Å². The third kappa shape index (κ3) is 3.69. The van der Waals surface area contributed by atoms with E-state index < -0.39 is 10.0 Å². The second-order valence-corrected chi connectivity index (χ2v) is 7.45. The maximum Gasteiger partial charge on any atom is 0.263 e. The highest BCUT2D eigenvalue weighted by atomic mass is 32.2. The first kappa shape index (κ1) is 15.9. The van der Waals surface area contributed by atoms with Crippen molar-refractivity contribution in [3.05, 3.63) is 41.4 Å². The minimum atomic E-state index is -3.77. The van der Waals surface area contributed by atoms with Gasteiger partial charge in [-0.15, -0.1) is 11.3 Å². The van der Waals surface area contributed by atoms with Crippen molar-refractivity contribution < 1.29 is 17.9 Å². The molecule has 9 heteroatoms. The standard InChI is InChI=1S/C14H15N3O4S2/c18-13(17-5-7-21-8-6-17)11-2-1-3-12(10-11)23(19,20)16-14-15-4-9-22-14/h1-4,9-10H,5-8H2,(H,15,16). The number of ether oxygens (including phenoxy) is 1. The van der Waals surface area contributed by atoms with Gasteiger partial charge in [0.2, 0.25) is 0 Å². The van der Waals surface area contributed by atoms with E-state index in [4.69, 9.17) is 4.74 Å². The van der Waals surface area contributed by atoms with E-state index in [0.29, 0.717) is 31.9 Å². The summed E-state index contributed by atoms with van der Waals surface area (Å²) in [4.78, 5) is 18.0. The average molecular weight is 353 g/mol. The summed E-state index contributed by atoms with van der Waals surface area (Å²) in [6, 6.07) is 6.00. The predicted molar refractivity (Wildman–Crippen MR) is 86.1 cm³/mol. The van der Waals surface area contributed by atoms with E-state index in [1.54, 1.807) is 22.4 Å². The lowest BCUT2D eigenvalue weighted by molar-refractivity contribution is 0.0302. The molecule has 0 spiro atoms. The van der Waals surface area contributed by atoms with E-state index in [1.807, 2.05) is 0 Å². The number of carbonyl (C=O) groups excluding carboxylic acids is 1. The summed E-state index contributed by atoms with van der Waals surface area (Å²) in [5.41, 5.74) is 0.342. The van der Waals surface area contributed by atoms with Crippen LogP contribution in [0.1, 0.15) is 10.4 Å². The molecule has 1 fully saturated rings. The molecule has 0 bridgehead atoms. The van der Waals surface area contributed by atoms with Crippen molar-refractivity contribution in [2.24, 2.45) is 0 Å². The molecule has 1 aliphatic rings. The number of morpholine rings is 1. The largest absolute Gasteiger partial charge is 0.378 e. The summed E-state index contributed by atoms with van der Waals surface area (Å²) in [6.45, 7) is 2.00. The van der Waals surface area contributed by atoms with Crippen LogP contribution < -0.4 is 4.72 Å².